The Morgan fingerprint density at radius 1 is 1.17 bits per heavy atom. The summed E-state index contributed by atoms with van der Waals surface area (Å²) in [5, 5.41) is 6.03. The highest BCUT2D eigenvalue weighted by atomic mass is 16.5. The van der Waals surface area contributed by atoms with Gasteiger partial charge in [-0.25, -0.2) is 4.79 Å². The molecule has 0 heterocycles. The molecule has 0 saturated heterocycles. The van der Waals surface area contributed by atoms with Crippen LogP contribution in [0.5, 0.6) is 0 Å². The van der Waals surface area contributed by atoms with E-state index in [-0.39, 0.29) is 11.6 Å². The molecular formula is C19H30N2O2. The third-order valence-corrected chi connectivity index (χ3v) is 4.06. The largest absolute Gasteiger partial charge is 0.371 e. The molecule has 2 rings (SSSR count). The number of carbonyl (C=O) groups is 1. The molecule has 1 aliphatic carbocycles. The van der Waals surface area contributed by atoms with Crippen molar-refractivity contribution in [1.82, 2.24) is 10.6 Å². The molecule has 4 heteroatoms. The van der Waals surface area contributed by atoms with E-state index in [2.05, 4.69) is 22.8 Å². The van der Waals surface area contributed by atoms with Gasteiger partial charge in [-0.3, -0.25) is 0 Å². The number of ether oxygens (including phenoxy) is 1. The molecule has 4 nitrogen and oxygen atoms in total. The fourth-order valence-corrected chi connectivity index (χ4v) is 2.79. The molecule has 0 aliphatic heterocycles. The molecule has 128 valence electrons. The smallest absolute Gasteiger partial charge is 0.315 e. The SMILES string of the molecule is CC(C)(C)OCc1cccc(CNC(=O)NC2CCCCC2)c1. The van der Waals surface area contributed by atoms with Gasteiger partial charge in [-0.15, -0.1) is 0 Å². The summed E-state index contributed by atoms with van der Waals surface area (Å²) in [6, 6.07) is 8.46. The normalized spacial score (nSPS) is 16.1. The second-order valence-electron chi connectivity index (χ2n) is 7.38. The van der Waals surface area contributed by atoms with Crippen molar-refractivity contribution >= 4 is 6.03 Å². The van der Waals surface area contributed by atoms with Crippen LogP contribution in [-0.4, -0.2) is 17.7 Å². The van der Waals surface area contributed by atoms with Crippen LogP contribution in [0.3, 0.4) is 0 Å². The first-order valence-electron chi connectivity index (χ1n) is 8.68. The molecular weight excluding hydrogens is 288 g/mol. The molecule has 0 unspecified atom stereocenters. The summed E-state index contributed by atoms with van der Waals surface area (Å²) in [4.78, 5) is 12.0. The van der Waals surface area contributed by atoms with Crippen LogP contribution in [0.1, 0.15) is 64.0 Å². The van der Waals surface area contributed by atoms with Crippen LogP contribution < -0.4 is 10.6 Å². The molecule has 1 saturated carbocycles. The van der Waals surface area contributed by atoms with E-state index in [1.165, 1.54) is 19.3 Å². The number of carbonyl (C=O) groups excluding carboxylic acids is 1. The summed E-state index contributed by atoms with van der Waals surface area (Å²) in [7, 11) is 0. The second-order valence-corrected chi connectivity index (χ2v) is 7.38. The lowest BCUT2D eigenvalue weighted by atomic mass is 9.96. The predicted octanol–water partition coefficient (Wildman–Crippen LogP) is 4.13. The molecule has 2 amide bonds. The topological polar surface area (TPSA) is 50.4 Å². The first kappa shape index (κ1) is 17.8. The van der Waals surface area contributed by atoms with Gasteiger partial charge < -0.3 is 15.4 Å². The number of rotatable bonds is 5. The molecule has 0 spiro atoms. The van der Waals surface area contributed by atoms with E-state index < -0.39 is 0 Å². The lowest BCUT2D eigenvalue weighted by Crippen LogP contribution is -2.42. The molecule has 1 fully saturated rings. The number of nitrogens with one attached hydrogen (secondary N) is 2. The quantitative estimate of drug-likeness (QED) is 0.857. The Balaban J connectivity index is 1.77. The zero-order valence-corrected chi connectivity index (χ0v) is 14.7. The van der Waals surface area contributed by atoms with Crippen molar-refractivity contribution in [2.24, 2.45) is 0 Å². The van der Waals surface area contributed by atoms with Crippen molar-refractivity contribution in [3.8, 4) is 0 Å². The molecule has 0 atom stereocenters. The maximum atomic E-state index is 12.0. The van der Waals surface area contributed by atoms with Gasteiger partial charge in [0.2, 0.25) is 0 Å². The van der Waals surface area contributed by atoms with Gasteiger partial charge in [-0.1, -0.05) is 43.5 Å². The number of hydrogen-bond acceptors (Lipinski definition) is 2. The van der Waals surface area contributed by atoms with E-state index in [1.807, 2.05) is 32.9 Å². The standard InChI is InChI=1S/C19H30N2O2/c1-19(2,3)23-14-16-9-7-8-15(12-16)13-20-18(22)21-17-10-5-4-6-11-17/h7-9,12,17H,4-6,10-11,13-14H2,1-3H3,(H2,20,21,22). The van der Waals surface area contributed by atoms with E-state index in [4.69, 9.17) is 4.74 Å². The highest BCUT2D eigenvalue weighted by Crippen LogP contribution is 2.17. The minimum Gasteiger partial charge on any atom is -0.371 e. The van der Waals surface area contributed by atoms with Gasteiger partial charge in [0.1, 0.15) is 0 Å². The Hall–Kier alpha value is -1.55. The third-order valence-electron chi connectivity index (χ3n) is 4.06. The van der Waals surface area contributed by atoms with Crippen molar-refractivity contribution in [2.75, 3.05) is 0 Å². The number of amides is 2. The first-order chi connectivity index (χ1) is 10.9. The van der Waals surface area contributed by atoms with Crippen LogP contribution in [0.25, 0.3) is 0 Å². The van der Waals surface area contributed by atoms with Gasteiger partial charge in [0.25, 0.3) is 0 Å². The van der Waals surface area contributed by atoms with Crippen molar-refractivity contribution < 1.29 is 9.53 Å². The molecule has 0 aromatic heterocycles. The van der Waals surface area contributed by atoms with E-state index >= 15 is 0 Å². The van der Waals surface area contributed by atoms with Crippen molar-refractivity contribution in [1.29, 1.82) is 0 Å². The number of hydrogen-bond donors (Lipinski definition) is 2. The van der Waals surface area contributed by atoms with Gasteiger partial charge in [0.05, 0.1) is 12.2 Å². The van der Waals surface area contributed by atoms with E-state index in [1.54, 1.807) is 0 Å². The minimum absolute atomic E-state index is 0.0618. The summed E-state index contributed by atoms with van der Waals surface area (Å²) >= 11 is 0. The Morgan fingerprint density at radius 3 is 2.57 bits per heavy atom. The highest BCUT2D eigenvalue weighted by Gasteiger charge is 2.15. The van der Waals surface area contributed by atoms with Crippen molar-refractivity contribution in [2.45, 2.75) is 77.7 Å². The van der Waals surface area contributed by atoms with Crippen molar-refractivity contribution in [3.05, 3.63) is 35.4 Å². The Labute approximate surface area is 140 Å². The molecule has 23 heavy (non-hydrogen) atoms. The second kappa shape index (κ2) is 8.34. The zero-order valence-electron chi connectivity index (χ0n) is 14.7. The third kappa shape index (κ3) is 7.04. The highest BCUT2D eigenvalue weighted by molar-refractivity contribution is 5.74. The Morgan fingerprint density at radius 2 is 1.87 bits per heavy atom. The summed E-state index contributed by atoms with van der Waals surface area (Å²) in [5.74, 6) is 0. The van der Waals surface area contributed by atoms with Gasteiger partial charge in [0, 0.05) is 12.6 Å². The minimum atomic E-state index is -0.145. The van der Waals surface area contributed by atoms with Crippen LogP contribution in [0, 0.1) is 0 Å². The maximum absolute atomic E-state index is 12.0. The number of benzene rings is 1. The maximum Gasteiger partial charge on any atom is 0.315 e. The van der Waals surface area contributed by atoms with Crippen LogP contribution in [0.15, 0.2) is 24.3 Å². The average molecular weight is 318 g/mol. The fraction of sp³-hybridized carbons (Fsp3) is 0.632. The Kier molecular flexibility index (Phi) is 6.46. The molecule has 1 aromatic rings. The van der Waals surface area contributed by atoms with Gasteiger partial charge >= 0.3 is 6.03 Å². The lowest BCUT2D eigenvalue weighted by molar-refractivity contribution is -0.0149. The Bertz CT molecular complexity index is 502. The van der Waals surface area contributed by atoms with E-state index in [0.29, 0.717) is 19.2 Å². The zero-order chi connectivity index (χ0) is 16.7. The molecule has 2 N–H and O–H groups in total. The van der Waals surface area contributed by atoms with Gasteiger partial charge in [0.15, 0.2) is 0 Å². The molecule has 0 bridgehead atoms. The van der Waals surface area contributed by atoms with Crippen LogP contribution in [0.2, 0.25) is 0 Å². The summed E-state index contributed by atoms with van der Waals surface area (Å²) < 4.78 is 5.80. The van der Waals surface area contributed by atoms with E-state index in [0.717, 1.165) is 24.0 Å². The van der Waals surface area contributed by atoms with Crippen LogP contribution in [0.4, 0.5) is 4.79 Å². The van der Waals surface area contributed by atoms with E-state index in [9.17, 15) is 4.79 Å². The molecule has 1 aromatic carbocycles. The molecule has 0 radical (unpaired) electrons. The fourth-order valence-electron chi connectivity index (χ4n) is 2.79. The summed E-state index contributed by atoms with van der Waals surface area (Å²) in [6.07, 6.45) is 5.95. The summed E-state index contributed by atoms with van der Waals surface area (Å²) in [6.45, 7) is 7.28. The lowest BCUT2D eigenvalue weighted by Gasteiger charge is -2.23. The van der Waals surface area contributed by atoms with Crippen LogP contribution >= 0.6 is 0 Å². The predicted molar refractivity (Wildman–Crippen MR) is 93.2 cm³/mol. The van der Waals surface area contributed by atoms with Gasteiger partial charge in [-0.05, 0) is 44.7 Å². The van der Waals surface area contributed by atoms with Crippen molar-refractivity contribution in [3.63, 3.8) is 0 Å². The first-order valence-corrected chi connectivity index (χ1v) is 8.68. The molecule has 1 aliphatic rings. The van der Waals surface area contributed by atoms with Crippen LogP contribution in [-0.2, 0) is 17.9 Å². The van der Waals surface area contributed by atoms with Gasteiger partial charge in [-0.2, -0.15) is 0 Å². The average Bonchev–Trinajstić information content (AvgIpc) is 2.52. The summed E-state index contributed by atoms with van der Waals surface area (Å²) in [5.41, 5.74) is 2.08. The monoisotopic (exact) mass is 318 g/mol. The number of urea groups is 1.